The Balaban J connectivity index is 1.81. The van der Waals surface area contributed by atoms with E-state index in [1.165, 1.54) is 6.39 Å². The summed E-state index contributed by atoms with van der Waals surface area (Å²) in [6.07, 6.45) is 1.93. The van der Waals surface area contributed by atoms with Crippen molar-refractivity contribution in [3.8, 4) is 0 Å². The van der Waals surface area contributed by atoms with Crippen LogP contribution in [-0.4, -0.2) is 17.4 Å². The molecule has 1 aromatic heterocycles. The van der Waals surface area contributed by atoms with Gasteiger partial charge < -0.3 is 15.5 Å². The molecule has 0 bridgehead atoms. The number of aryl methyl sites for hydroxylation is 1. The van der Waals surface area contributed by atoms with Gasteiger partial charge in [0.1, 0.15) is 0 Å². The molecule has 5 heteroatoms. The predicted octanol–water partition coefficient (Wildman–Crippen LogP) is 1.80. The molecule has 100 valence electrons. The average Bonchev–Trinajstić information content (AvgIpc) is 2.86. The van der Waals surface area contributed by atoms with Crippen molar-refractivity contribution >= 4 is 5.91 Å². The third kappa shape index (κ3) is 3.42. The van der Waals surface area contributed by atoms with E-state index in [0.717, 1.165) is 5.56 Å². The highest BCUT2D eigenvalue weighted by atomic mass is 16.3. The molecule has 0 aliphatic carbocycles. The molecule has 0 saturated carbocycles. The van der Waals surface area contributed by atoms with Gasteiger partial charge in [-0.05, 0) is 18.9 Å². The summed E-state index contributed by atoms with van der Waals surface area (Å²) in [6.45, 7) is 2.23. The number of hydrogen-bond donors (Lipinski definition) is 2. The quantitative estimate of drug-likeness (QED) is 0.858. The second kappa shape index (κ2) is 6.15. The number of hydrogen-bond acceptors (Lipinski definition) is 4. The smallest absolute Gasteiger partial charge is 0.288 e. The number of aromatic nitrogens is 1. The number of rotatable bonds is 5. The van der Waals surface area contributed by atoms with Crippen molar-refractivity contribution in [2.24, 2.45) is 5.73 Å². The lowest BCUT2D eigenvalue weighted by Crippen LogP contribution is -2.27. The maximum atomic E-state index is 11.8. The standard InChI is InChI=1S/C14H17N3O2/c1-10-13(19-9-17-10)14(18)16-8-7-12(15)11-5-3-2-4-6-11/h2-6,9,12H,7-8,15H2,1H3,(H,16,18). The van der Waals surface area contributed by atoms with Crippen molar-refractivity contribution in [2.45, 2.75) is 19.4 Å². The molecule has 19 heavy (non-hydrogen) atoms. The molecule has 1 atom stereocenters. The summed E-state index contributed by atoms with van der Waals surface area (Å²) >= 11 is 0. The topological polar surface area (TPSA) is 81.2 Å². The third-order valence-electron chi connectivity index (χ3n) is 2.92. The average molecular weight is 259 g/mol. The third-order valence-corrected chi connectivity index (χ3v) is 2.92. The highest BCUT2D eigenvalue weighted by molar-refractivity contribution is 5.92. The van der Waals surface area contributed by atoms with Gasteiger partial charge in [-0.1, -0.05) is 30.3 Å². The van der Waals surface area contributed by atoms with Crippen LogP contribution in [0.4, 0.5) is 0 Å². The van der Waals surface area contributed by atoms with E-state index in [9.17, 15) is 4.79 Å². The van der Waals surface area contributed by atoms with Gasteiger partial charge in [-0.25, -0.2) is 4.98 Å². The van der Waals surface area contributed by atoms with Crippen LogP contribution in [0.15, 0.2) is 41.1 Å². The maximum Gasteiger partial charge on any atom is 0.288 e. The lowest BCUT2D eigenvalue weighted by molar-refractivity contribution is 0.0924. The molecule has 1 aromatic carbocycles. The largest absolute Gasteiger partial charge is 0.438 e. The van der Waals surface area contributed by atoms with Gasteiger partial charge in [-0.2, -0.15) is 0 Å². The lowest BCUT2D eigenvalue weighted by Gasteiger charge is -2.12. The first-order chi connectivity index (χ1) is 9.18. The molecule has 2 aromatic rings. The van der Waals surface area contributed by atoms with Crippen molar-refractivity contribution < 1.29 is 9.21 Å². The van der Waals surface area contributed by atoms with Crippen LogP contribution in [0.25, 0.3) is 0 Å². The summed E-state index contributed by atoms with van der Waals surface area (Å²) in [5, 5.41) is 2.77. The first-order valence-electron chi connectivity index (χ1n) is 6.17. The molecule has 0 spiro atoms. The minimum atomic E-state index is -0.254. The molecule has 2 rings (SSSR count). The van der Waals surface area contributed by atoms with E-state index in [-0.39, 0.29) is 17.7 Å². The van der Waals surface area contributed by atoms with Crippen molar-refractivity contribution in [2.75, 3.05) is 6.54 Å². The van der Waals surface area contributed by atoms with Crippen LogP contribution >= 0.6 is 0 Å². The molecule has 0 fully saturated rings. The van der Waals surface area contributed by atoms with E-state index in [0.29, 0.717) is 18.7 Å². The number of carbonyl (C=O) groups is 1. The Hall–Kier alpha value is -2.14. The number of benzene rings is 1. The van der Waals surface area contributed by atoms with E-state index in [1.54, 1.807) is 6.92 Å². The number of oxazole rings is 1. The summed E-state index contributed by atoms with van der Waals surface area (Å²) < 4.78 is 5.01. The van der Waals surface area contributed by atoms with E-state index >= 15 is 0 Å². The Morgan fingerprint density at radius 3 is 2.79 bits per heavy atom. The van der Waals surface area contributed by atoms with Gasteiger partial charge in [0.05, 0.1) is 5.69 Å². The van der Waals surface area contributed by atoms with Gasteiger partial charge in [0.25, 0.3) is 5.91 Å². The Labute approximate surface area is 111 Å². The second-order valence-electron chi connectivity index (χ2n) is 4.33. The van der Waals surface area contributed by atoms with E-state index in [2.05, 4.69) is 10.3 Å². The van der Waals surface area contributed by atoms with Crippen LogP contribution in [0.2, 0.25) is 0 Å². The second-order valence-corrected chi connectivity index (χ2v) is 4.33. The van der Waals surface area contributed by atoms with Crippen molar-refractivity contribution in [3.05, 3.63) is 53.7 Å². The molecule has 5 nitrogen and oxygen atoms in total. The molecule has 0 radical (unpaired) electrons. The Bertz CT molecular complexity index is 537. The van der Waals surface area contributed by atoms with Crippen LogP contribution in [0.5, 0.6) is 0 Å². The van der Waals surface area contributed by atoms with Crippen molar-refractivity contribution in [1.82, 2.24) is 10.3 Å². The van der Waals surface area contributed by atoms with Crippen LogP contribution in [-0.2, 0) is 0 Å². The molecule has 0 aliphatic rings. The Kier molecular flexibility index (Phi) is 4.30. The number of nitrogens with zero attached hydrogens (tertiary/aromatic N) is 1. The minimum Gasteiger partial charge on any atom is -0.438 e. The van der Waals surface area contributed by atoms with Gasteiger partial charge in [0, 0.05) is 12.6 Å². The zero-order valence-electron chi connectivity index (χ0n) is 10.8. The monoisotopic (exact) mass is 259 g/mol. The number of nitrogens with one attached hydrogen (secondary N) is 1. The molecule has 0 aliphatic heterocycles. The zero-order valence-corrected chi connectivity index (χ0v) is 10.8. The molecular formula is C14H17N3O2. The molecule has 0 saturated heterocycles. The first-order valence-corrected chi connectivity index (χ1v) is 6.17. The fourth-order valence-corrected chi connectivity index (χ4v) is 1.81. The summed E-state index contributed by atoms with van der Waals surface area (Å²) in [7, 11) is 0. The Morgan fingerprint density at radius 2 is 2.16 bits per heavy atom. The zero-order chi connectivity index (χ0) is 13.7. The van der Waals surface area contributed by atoms with Crippen molar-refractivity contribution in [1.29, 1.82) is 0 Å². The van der Waals surface area contributed by atoms with Crippen LogP contribution < -0.4 is 11.1 Å². The highest BCUT2D eigenvalue weighted by Crippen LogP contribution is 2.12. The molecule has 1 heterocycles. The van der Waals surface area contributed by atoms with Crippen LogP contribution in [0.3, 0.4) is 0 Å². The van der Waals surface area contributed by atoms with Crippen LogP contribution in [0.1, 0.15) is 34.3 Å². The molecular weight excluding hydrogens is 242 g/mol. The number of carbonyl (C=O) groups excluding carboxylic acids is 1. The molecule has 1 amide bonds. The van der Waals surface area contributed by atoms with E-state index < -0.39 is 0 Å². The number of amides is 1. The summed E-state index contributed by atoms with van der Waals surface area (Å²) in [6, 6.07) is 9.72. The Morgan fingerprint density at radius 1 is 1.42 bits per heavy atom. The molecule has 1 unspecified atom stereocenters. The summed E-state index contributed by atoms with van der Waals surface area (Å²) in [5.74, 6) is 0.00328. The van der Waals surface area contributed by atoms with Gasteiger partial charge in [-0.3, -0.25) is 4.79 Å². The fraction of sp³-hybridized carbons (Fsp3) is 0.286. The summed E-state index contributed by atoms with van der Waals surface area (Å²) in [5.41, 5.74) is 7.69. The molecule has 3 N–H and O–H groups in total. The SMILES string of the molecule is Cc1ncoc1C(=O)NCCC(N)c1ccccc1. The van der Waals surface area contributed by atoms with E-state index in [1.807, 2.05) is 30.3 Å². The predicted molar refractivity (Wildman–Crippen MR) is 71.6 cm³/mol. The first kappa shape index (κ1) is 13.3. The van der Waals surface area contributed by atoms with Gasteiger partial charge >= 0.3 is 0 Å². The highest BCUT2D eigenvalue weighted by Gasteiger charge is 2.13. The van der Waals surface area contributed by atoms with Crippen molar-refractivity contribution in [3.63, 3.8) is 0 Å². The normalized spacial score (nSPS) is 12.1. The van der Waals surface area contributed by atoms with Gasteiger partial charge in [0.2, 0.25) is 5.76 Å². The lowest BCUT2D eigenvalue weighted by atomic mass is 10.1. The minimum absolute atomic E-state index is 0.0858. The van der Waals surface area contributed by atoms with Gasteiger partial charge in [0.15, 0.2) is 6.39 Å². The van der Waals surface area contributed by atoms with Gasteiger partial charge in [-0.15, -0.1) is 0 Å². The maximum absolute atomic E-state index is 11.8. The van der Waals surface area contributed by atoms with E-state index in [4.69, 9.17) is 10.2 Å². The number of nitrogens with two attached hydrogens (primary N) is 1. The fourth-order valence-electron chi connectivity index (χ4n) is 1.81. The summed E-state index contributed by atoms with van der Waals surface area (Å²) in [4.78, 5) is 15.6. The van der Waals surface area contributed by atoms with Crippen LogP contribution in [0, 0.1) is 6.92 Å².